The number of carbonyl (C=O) groups is 4. The van der Waals surface area contributed by atoms with Crippen molar-refractivity contribution in [3.8, 4) is 0 Å². The predicted octanol–water partition coefficient (Wildman–Crippen LogP) is -2.93. The lowest BCUT2D eigenvalue weighted by Gasteiger charge is -2.43. The topological polar surface area (TPSA) is 142 Å². The average molecular weight is 312 g/mol. The molecule has 9 heteroatoms. The zero-order valence-electron chi connectivity index (χ0n) is 12.5. The lowest BCUT2D eigenvalue weighted by atomic mass is 9.85. The maximum absolute atomic E-state index is 12.3. The summed E-state index contributed by atoms with van der Waals surface area (Å²) in [5.41, 5.74) is 4.16. The maximum atomic E-state index is 12.3. The van der Waals surface area contributed by atoms with Crippen molar-refractivity contribution in [3.63, 3.8) is 0 Å². The fourth-order valence-corrected chi connectivity index (χ4v) is 3.03. The molecule has 2 heterocycles. The summed E-state index contributed by atoms with van der Waals surface area (Å²) in [5, 5.41) is 14.4. The molecule has 0 aliphatic carbocycles. The molecule has 2 aliphatic heterocycles. The van der Waals surface area contributed by atoms with Crippen LogP contribution in [0, 0.1) is 5.92 Å². The quantitative estimate of drug-likeness (QED) is 0.411. The molecule has 22 heavy (non-hydrogen) atoms. The van der Waals surface area contributed by atoms with Gasteiger partial charge in [-0.1, -0.05) is 0 Å². The Morgan fingerprint density at radius 3 is 2.45 bits per heavy atom. The van der Waals surface area contributed by atoms with Gasteiger partial charge in [-0.15, -0.1) is 0 Å². The zero-order chi connectivity index (χ0) is 16.7. The van der Waals surface area contributed by atoms with Crippen LogP contribution in [0.1, 0.15) is 20.3 Å². The molecule has 5 N–H and O–H groups in total. The second kappa shape index (κ2) is 5.56. The van der Waals surface area contributed by atoms with Gasteiger partial charge in [0.25, 0.3) is 0 Å². The molecule has 0 bridgehead atoms. The van der Waals surface area contributed by atoms with Gasteiger partial charge in [0, 0.05) is 13.5 Å². The maximum Gasteiger partial charge on any atom is 0.247 e. The van der Waals surface area contributed by atoms with Crippen LogP contribution in [-0.2, 0) is 19.2 Å². The van der Waals surface area contributed by atoms with Crippen molar-refractivity contribution in [1.82, 2.24) is 15.5 Å². The minimum Gasteiger partial charge on any atom is -0.391 e. The molecular weight excluding hydrogens is 292 g/mol. The number of hydrogen-bond donors (Lipinski definition) is 4. The number of primary amides is 1. The first-order valence-corrected chi connectivity index (χ1v) is 7.03. The number of aliphatic hydroxyl groups is 1. The van der Waals surface area contributed by atoms with Crippen molar-refractivity contribution in [2.24, 2.45) is 11.7 Å². The van der Waals surface area contributed by atoms with Crippen molar-refractivity contribution in [2.45, 2.75) is 38.0 Å². The number of aliphatic hydroxyl groups excluding tert-OH is 1. The van der Waals surface area contributed by atoms with E-state index >= 15 is 0 Å². The van der Waals surface area contributed by atoms with Gasteiger partial charge >= 0.3 is 0 Å². The monoisotopic (exact) mass is 312 g/mol. The van der Waals surface area contributed by atoms with Gasteiger partial charge < -0.3 is 26.4 Å². The van der Waals surface area contributed by atoms with Crippen LogP contribution in [0.25, 0.3) is 0 Å². The first-order valence-electron chi connectivity index (χ1n) is 7.03. The van der Waals surface area contributed by atoms with E-state index < -0.39 is 35.4 Å². The highest BCUT2D eigenvalue weighted by atomic mass is 16.3. The van der Waals surface area contributed by atoms with E-state index in [1.54, 1.807) is 0 Å². The van der Waals surface area contributed by atoms with Crippen molar-refractivity contribution in [2.75, 3.05) is 13.1 Å². The van der Waals surface area contributed by atoms with E-state index in [-0.39, 0.29) is 24.8 Å². The lowest BCUT2D eigenvalue weighted by molar-refractivity contribution is -0.150. The highest BCUT2D eigenvalue weighted by molar-refractivity contribution is 5.98. The number of β-lactam (4-membered cyclic amide) rings is 1. The molecule has 0 aromatic heterocycles. The fourth-order valence-electron chi connectivity index (χ4n) is 3.03. The second-order valence-corrected chi connectivity index (χ2v) is 5.87. The number of hydrogen-bond acceptors (Lipinski definition) is 5. The minimum atomic E-state index is -1.20. The molecule has 0 saturated carbocycles. The molecule has 2 saturated heterocycles. The normalized spacial score (nSPS) is 29.5. The van der Waals surface area contributed by atoms with Crippen LogP contribution in [-0.4, -0.2) is 64.4 Å². The summed E-state index contributed by atoms with van der Waals surface area (Å²) >= 11 is 0. The molecule has 0 aromatic rings. The molecule has 2 rings (SSSR count). The predicted molar refractivity (Wildman–Crippen MR) is 74.0 cm³/mol. The number of nitrogens with one attached hydrogen (secondary N) is 2. The number of amides is 4. The first kappa shape index (κ1) is 16.2. The molecule has 0 aromatic carbocycles. The molecule has 122 valence electrons. The molecule has 0 radical (unpaired) electrons. The SMILES string of the molecule is CC(=O)N1CC(C(=O)NC(C(N)=O)C(C)O)CC12CNC2=O. The Labute approximate surface area is 127 Å². The summed E-state index contributed by atoms with van der Waals surface area (Å²) in [5.74, 6) is -2.55. The molecule has 4 amide bonds. The van der Waals surface area contributed by atoms with E-state index in [1.807, 2.05) is 0 Å². The highest BCUT2D eigenvalue weighted by Crippen LogP contribution is 2.37. The highest BCUT2D eigenvalue weighted by Gasteiger charge is 2.59. The summed E-state index contributed by atoms with van der Waals surface area (Å²) in [6.45, 7) is 3.09. The van der Waals surface area contributed by atoms with Crippen LogP contribution in [0.4, 0.5) is 0 Å². The van der Waals surface area contributed by atoms with Gasteiger partial charge in [0.05, 0.1) is 18.6 Å². The second-order valence-electron chi connectivity index (χ2n) is 5.87. The van der Waals surface area contributed by atoms with Crippen LogP contribution in [0.5, 0.6) is 0 Å². The van der Waals surface area contributed by atoms with Crippen LogP contribution in [0.2, 0.25) is 0 Å². The molecule has 2 fully saturated rings. The van der Waals surface area contributed by atoms with Gasteiger partial charge in [-0.3, -0.25) is 19.2 Å². The number of rotatable bonds is 4. The zero-order valence-corrected chi connectivity index (χ0v) is 12.5. The number of carbonyl (C=O) groups excluding carboxylic acids is 4. The van der Waals surface area contributed by atoms with E-state index in [4.69, 9.17) is 5.73 Å². The molecule has 4 atom stereocenters. The summed E-state index contributed by atoms with van der Waals surface area (Å²) < 4.78 is 0. The lowest BCUT2D eigenvalue weighted by Crippen LogP contribution is -2.71. The van der Waals surface area contributed by atoms with Gasteiger partial charge in [0.2, 0.25) is 23.6 Å². The van der Waals surface area contributed by atoms with Crippen LogP contribution in [0.15, 0.2) is 0 Å². The third-order valence-corrected chi connectivity index (χ3v) is 4.31. The Hall–Kier alpha value is -2.16. The smallest absolute Gasteiger partial charge is 0.247 e. The summed E-state index contributed by atoms with van der Waals surface area (Å²) in [4.78, 5) is 48.4. The van der Waals surface area contributed by atoms with Gasteiger partial charge in [0.15, 0.2) is 0 Å². The largest absolute Gasteiger partial charge is 0.391 e. The van der Waals surface area contributed by atoms with Gasteiger partial charge in [-0.2, -0.15) is 0 Å². The molecule has 4 unspecified atom stereocenters. The minimum absolute atomic E-state index is 0.0971. The Bertz CT molecular complexity index is 535. The molecule has 1 spiro atoms. The third kappa shape index (κ3) is 2.52. The van der Waals surface area contributed by atoms with E-state index in [1.165, 1.54) is 18.7 Å². The van der Waals surface area contributed by atoms with Crippen LogP contribution in [0.3, 0.4) is 0 Å². The van der Waals surface area contributed by atoms with Crippen molar-refractivity contribution in [3.05, 3.63) is 0 Å². The Balaban J connectivity index is 2.11. The number of nitrogens with two attached hydrogens (primary N) is 1. The van der Waals surface area contributed by atoms with Crippen molar-refractivity contribution < 1.29 is 24.3 Å². The average Bonchev–Trinajstić information content (AvgIpc) is 2.85. The molecule has 9 nitrogen and oxygen atoms in total. The van der Waals surface area contributed by atoms with E-state index in [0.717, 1.165) is 0 Å². The standard InChI is InChI=1S/C13H20N4O5/c1-6(18)9(10(14)20)16-11(21)8-3-13(5-15-12(13)22)17(4-8)7(2)19/h6,8-9,18H,3-5H2,1-2H3,(H2,14,20)(H,15,22)(H,16,21). The Morgan fingerprint density at radius 1 is 1.50 bits per heavy atom. The first-order chi connectivity index (χ1) is 10.2. The fraction of sp³-hybridized carbons (Fsp3) is 0.692. The summed E-state index contributed by atoms with van der Waals surface area (Å²) in [6, 6.07) is -1.20. The summed E-state index contributed by atoms with van der Waals surface area (Å²) in [7, 11) is 0. The van der Waals surface area contributed by atoms with Gasteiger partial charge in [0.1, 0.15) is 11.6 Å². The molecule has 2 aliphatic rings. The number of likely N-dealkylation sites (tertiary alicyclic amines) is 1. The van der Waals surface area contributed by atoms with Gasteiger partial charge in [-0.25, -0.2) is 0 Å². The Morgan fingerprint density at radius 2 is 2.14 bits per heavy atom. The van der Waals surface area contributed by atoms with Crippen molar-refractivity contribution >= 4 is 23.6 Å². The van der Waals surface area contributed by atoms with E-state index in [0.29, 0.717) is 6.54 Å². The van der Waals surface area contributed by atoms with Gasteiger partial charge in [-0.05, 0) is 13.3 Å². The third-order valence-electron chi connectivity index (χ3n) is 4.31. The van der Waals surface area contributed by atoms with Crippen LogP contribution < -0.4 is 16.4 Å². The molecular formula is C13H20N4O5. The Kier molecular flexibility index (Phi) is 4.10. The van der Waals surface area contributed by atoms with Crippen molar-refractivity contribution in [1.29, 1.82) is 0 Å². The number of nitrogens with zero attached hydrogens (tertiary/aromatic N) is 1. The van der Waals surface area contributed by atoms with E-state index in [2.05, 4.69) is 10.6 Å². The van der Waals surface area contributed by atoms with E-state index in [9.17, 15) is 24.3 Å². The summed E-state index contributed by atoms with van der Waals surface area (Å²) in [6.07, 6.45) is -0.942. The van der Waals surface area contributed by atoms with Crippen LogP contribution >= 0.6 is 0 Å².